The normalized spacial score (nSPS) is 21.5. The van der Waals surface area contributed by atoms with Gasteiger partial charge in [-0.2, -0.15) is 0 Å². The molecule has 2 bridgehead atoms. The average Bonchev–Trinajstić information content (AvgIpc) is 3.61. The van der Waals surface area contributed by atoms with E-state index in [4.69, 9.17) is 4.74 Å². The van der Waals surface area contributed by atoms with Crippen LogP contribution in [0.2, 0.25) is 0 Å². The summed E-state index contributed by atoms with van der Waals surface area (Å²) in [4.78, 5) is 27.3. The molecule has 242 valence electrons. The maximum Gasteiger partial charge on any atom is 0.251 e. The van der Waals surface area contributed by atoms with Crippen LogP contribution in [-0.2, 0) is 21.1 Å². The molecule has 9 heteroatoms. The molecule has 6 unspecified atom stereocenters. The molecule has 3 N–H and O–H groups in total. The Bertz CT molecular complexity index is 1360. The molecule has 0 aliphatic heterocycles. The Morgan fingerprint density at radius 3 is 2.41 bits per heavy atom. The minimum Gasteiger partial charge on any atom is -0.494 e. The fourth-order valence-electron chi connectivity index (χ4n) is 6.69. The number of hydrogen-bond acceptors (Lipinski definition) is 6. The molecule has 44 heavy (non-hydrogen) atoms. The van der Waals surface area contributed by atoms with Crippen LogP contribution in [0.1, 0.15) is 88.1 Å². The average molecular weight is 627 g/mol. The van der Waals surface area contributed by atoms with E-state index in [1.165, 1.54) is 37.5 Å². The van der Waals surface area contributed by atoms with Crippen LogP contribution in [0.3, 0.4) is 0 Å². The summed E-state index contributed by atoms with van der Waals surface area (Å²) in [6.45, 7) is 6.58. The van der Waals surface area contributed by atoms with Gasteiger partial charge in [-0.05, 0) is 86.5 Å². The predicted octanol–water partition coefficient (Wildman–Crippen LogP) is 5.33. The first-order chi connectivity index (χ1) is 20.9. The lowest BCUT2D eigenvalue weighted by atomic mass is 9.87. The highest BCUT2D eigenvalue weighted by Gasteiger charge is 2.41. The van der Waals surface area contributed by atoms with Crippen LogP contribution in [-0.4, -0.2) is 56.4 Å². The number of benzene rings is 2. The molecular weight excluding hydrogens is 576 g/mol. The molecule has 2 amide bonds. The number of nitrogens with one attached hydrogen (secondary N) is 2. The Kier molecular flexibility index (Phi) is 11.9. The van der Waals surface area contributed by atoms with Crippen molar-refractivity contribution in [3.63, 3.8) is 0 Å². The largest absolute Gasteiger partial charge is 0.494 e. The first-order valence-corrected chi connectivity index (χ1v) is 18.1. The Balaban J connectivity index is 1.55. The van der Waals surface area contributed by atoms with Crippen molar-refractivity contribution in [3.05, 3.63) is 59.7 Å². The van der Waals surface area contributed by atoms with Gasteiger partial charge in [0, 0.05) is 23.8 Å². The van der Waals surface area contributed by atoms with Crippen LogP contribution in [0, 0.1) is 23.7 Å². The van der Waals surface area contributed by atoms with Crippen LogP contribution in [0.25, 0.3) is 0 Å². The van der Waals surface area contributed by atoms with Crippen LogP contribution in [0.5, 0.6) is 5.75 Å². The van der Waals surface area contributed by atoms with Crippen molar-refractivity contribution < 1.29 is 27.9 Å². The molecule has 2 aromatic carbocycles. The molecule has 0 aromatic heterocycles. The van der Waals surface area contributed by atoms with E-state index in [1.807, 2.05) is 37.3 Å². The Hall–Kier alpha value is -2.91. The van der Waals surface area contributed by atoms with E-state index in [-0.39, 0.29) is 34.7 Å². The van der Waals surface area contributed by atoms with Crippen molar-refractivity contribution in [2.75, 3.05) is 12.9 Å². The molecule has 4 rings (SSSR count). The summed E-state index contributed by atoms with van der Waals surface area (Å²) >= 11 is 0. The number of hydrogen-bond donors (Lipinski definition) is 3. The maximum absolute atomic E-state index is 13.6. The minimum atomic E-state index is -3.61. The van der Waals surface area contributed by atoms with E-state index in [1.54, 1.807) is 0 Å². The number of ether oxygens (including phenoxy) is 1. The van der Waals surface area contributed by atoms with Crippen molar-refractivity contribution in [1.29, 1.82) is 0 Å². The van der Waals surface area contributed by atoms with Crippen LogP contribution in [0.4, 0.5) is 0 Å². The van der Waals surface area contributed by atoms with Gasteiger partial charge in [0.2, 0.25) is 5.91 Å². The van der Waals surface area contributed by atoms with Crippen molar-refractivity contribution in [2.45, 2.75) is 102 Å². The van der Waals surface area contributed by atoms with Crippen molar-refractivity contribution >= 4 is 21.7 Å². The first kappa shape index (κ1) is 34.0. The van der Waals surface area contributed by atoms with Crippen molar-refractivity contribution in [3.8, 4) is 5.75 Å². The first-order valence-electron chi connectivity index (χ1n) is 16.2. The lowest BCUT2D eigenvalue weighted by Crippen LogP contribution is -2.48. The summed E-state index contributed by atoms with van der Waals surface area (Å²) in [6, 6.07) is 13.4. The van der Waals surface area contributed by atoms with Crippen LogP contribution >= 0.6 is 0 Å². The highest BCUT2D eigenvalue weighted by atomic mass is 32.2. The molecular formula is C35H50N2O6S. The van der Waals surface area contributed by atoms with Crippen molar-refractivity contribution in [2.24, 2.45) is 23.7 Å². The SMILES string of the molecule is CCCOc1cc(C(=O)NC(Cc2ccccc2)C(O)CC(CCC(C)C)C(=O)NC2CC3CCC2C3)cc(S(C)(=O)=O)c1. The number of amides is 2. The summed E-state index contributed by atoms with van der Waals surface area (Å²) < 4.78 is 30.5. The van der Waals surface area contributed by atoms with Gasteiger partial charge < -0.3 is 20.5 Å². The third-order valence-electron chi connectivity index (χ3n) is 9.18. The third-order valence-corrected chi connectivity index (χ3v) is 10.3. The summed E-state index contributed by atoms with van der Waals surface area (Å²) in [5, 5.41) is 18.0. The predicted molar refractivity (Wildman–Crippen MR) is 172 cm³/mol. The smallest absolute Gasteiger partial charge is 0.251 e. The summed E-state index contributed by atoms with van der Waals surface area (Å²) in [7, 11) is -3.61. The molecule has 0 radical (unpaired) electrons. The second-order valence-electron chi connectivity index (χ2n) is 13.3. The number of rotatable bonds is 16. The molecule has 2 aromatic rings. The Morgan fingerprint density at radius 2 is 1.80 bits per heavy atom. The zero-order chi connectivity index (χ0) is 31.9. The fourth-order valence-corrected chi connectivity index (χ4v) is 7.36. The van der Waals surface area contributed by atoms with E-state index in [0.29, 0.717) is 43.0 Å². The van der Waals surface area contributed by atoms with Gasteiger partial charge in [0.05, 0.1) is 23.6 Å². The van der Waals surface area contributed by atoms with Gasteiger partial charge >= 0.3 is 0 Å². The molecule has 0 spiro atoms. The van der Waals surface area contributed by atoms with Crippen molar-refractivity contribution in [1.82, 2.24) is 10.6 Å². The molecule has 0 saturated heterocycles. The molecule has 8 nitrogen and oxygen atoms in total. The van der Waals surface area contributed by atoms with Gasteiger partial charge in [0.15, 0.2) is 9.84 Å². The van der Waals surface area contributed by atoms with E-state index >= 15 is 0 Å². The van der Waals surface area contributed by atoms with E-state index in [0.717, 1.165) is 31.1 Å². The number of carbonyl (C=O) groups is 2. The fraction of sp³-hybridized carbons (Fsp3) is 0.600. The minimum absolute atomic E-state index is 0.00870. The van der Waals surface area contributed by atoms with Gasteiger partial charge in [0.25, 0.3) is 5.91 Å². The van der Waals surface area contributed by atoms with Gasteiger partial charge in [-0.3, -0.25) is 9.59 Å². The van der Waals surface area contributed by atoms with E-state index in [2.05, 4.69) is 24.5 Å². The Labute approximate surface area is 263 Å². The summed E-state index contributed by atoms with van der Waals surface area (Å²) in [6.07, 6.45) is 7.56. The van der Waals surface area contributed by atoms with Crippen LogP contribution < -0.4 is 15.4 Å². The highest BCUT2D eigenvalue weighted by molar-refractivity contribution is 7.90. The third kappa shape index (κ3) is 9.54. The number of aliphatic hydroxyl groups excluding tert-OH is 1. The van der Waals surface area contributed by atoms with Gasteiger partial charge in [-0.1, -0.05) is 63.9 Å². The summed E-state index contributed by atoms with van der Waals surface area (Å²) in [5.41, 5.74) is 1.06. The topological polar surface area (TPSA) is 122 Å². The van der Waals surface area contributed by atoms with E-state index in [9.17, 15) is 23.1 Å². The maximum atomic E-state index is 13.6. The highest BCUT2D eigenvalue weighted by Crippen LogP contribution is 2.44. The number of fused-ring (bicyclic) bond motifs is 2. The molecule has 2 fully saturated rings. The molecule has 2 aliphatic carbocycles. The Morgan fingerprint density at radius 1 is 1.05 bits per heavy atom. The van der Waals surface area contributed by atoms with Crippen LogP contribution in [0.15, 0.2) is 53.4 Å². The molecule has 0 heterocycles. The number of aliphatic hydroxyl groups is 1. The molecule has 2 aliphatic rings. The molecule has 6 atom stereocenters. The monoisotopic (exact) mass is 626 g/mol. The molecule has 2 saturated carbocycles. The number of carbonyl (C=O) groups excluding carboxylic acids is 2. The summed E-state index contributed by atoms with van der Waals surface area (Å²) in [5.74, 6) is 1.07. The van der Waals surface area contributed by atoms with Gasteiger partial charge in [0.1, 0.15) is 5.75 Å². The van der Waals surface area contributed by atoms with E-state index < -0.39 is 27.9 Å². The quantitative estimate of drug-likeness (QED) is 0.232. The zero-order valence-electron chi connectivity index (χ0n) is 26.6. The number of sulfone groups is 1. The zero-order valence-corrected chi connectivity index (χ0v) is 27.4. The lowest BCUT2D eigenvalue weighted by Gasteiger charge is -2.30. The second-order valence-corrected chi connectivity index (χ2v) is 15.4. The second kappa shape index (κ2) is 15.4. The van der Waals surface area contributed by atoms with Gasteiger partial charge in [-0.25, -0.2) is 8.42 Å². The van der Waals surface area contributed by atoms with Gasteiger partial charge in [-0.15, -0.1) is 0 Å². The standard InChI is InChI=1S/C35H50N2O6S/c1-5-15-43-29-19-28(20-30(22-29)44(4,41)42)35(40)37-32(17-24-9-7-6-8-10-24)33(38)21-27(13-11-23(2)3)34(39)36-31-18-25-12-14-26(31)16-25/h6-10,19-20,22-23,25-27,31-33,38H,5,11-18,21H2,1-4H3,(H,36,39)(H,37,40). The lowest BCUT2D eigenvalue weighted by molar-refractivity contribution is -0.127.